The van der Waals surface area contributed by atoms with E-state index in [1.807, 2.05) is 11.3 Å². The van der Waals surface area contributed by atoms with Crippen LogP contribution in [0.25, 0.3) is 74.4 Å². The number of rotatable bonds is 4. The first-order valence-electron chi connectivity index (χ1n) is 16.4. The highest BCUT2D eigenvalue weighted by molar-refractivity contribution is 7.25. The van der Waals surface area contributed by atoms with Crippen LogP contribution in [-0.4, -0.2) is 0 Å². The van der Waals surface area contributed by atoms with E-state index in [4.69, 9.17) is 0 Å². The minimum Gasteiger partial charge on any atom is -0.309 e. The van der Waals surface area contributed by atoms with Crippen LogP contribution in [0.4, 0.5) is 17.1 Å². The Balaban J connectivity index is 1.29. The molecule has 0 fully saturated rings. The first-order valence-corrected chi connectivity index (χ1v) is 17.2. The molecule has 1 nitrogen and oxygen atoms in total. The fraction of sp³-hybridized carbons (Fsp3) is 0. The summed E-state index contributed by atoms with van der Waals surface area (Å²) in [6.07, 6.45) is 0. The molecule has 0 amide bonds. The molecule has 0 atom stereocenters. The summed E-state index contributed by atoms with van der Waals surface area (Å²) >= 11 is 1.87. The molecule has 0 aliphatic carbocycles. The second-order valence-electron chi connectivity index (χ2n) is 12.5. The van der Waals surface area contributed by atoms with E-state index in [0.29, 0.717) is 0 Å². The zero-order valence-corrected chi connectivity index (χ0v) is 26.9. The summed E-state index contributed by atoms with van der Waals surface area (Å²) in [4.78, 5) is 2.48. The lowest BCUT2D eigenvalue weighted by molar-refractivity contribution is 1.31. The van der Waals surface area contributed by atoms with E-state index in [1.54, 1.807) is 0 Å². The SMILES string of the molecule is c1ccc(-c2ccccc2N(c2ccc3cc4sc5ccccc5c4cc3c2)c2cc3ccc4ccccc4c3c3ccccc23)cc1. The molecule has 0 saturated carbocycles. The molecule has 1 aromatic heterocycles. The number of thiophene rings is 1. The first kappa shape index (κ1) is 27.2. The van der Waals surface area contributed by atoms with Crippen LogP contribution < -0.4 is 4.90 Å². The molecular formula is C46H29NS. The Morgan fingerprint density at radius 3 is 1.94 bits per heavy atom. The Labute approximate surface area is 282 Å². The van der Waals surface area contributed by atoms with Gasteiger partial charge in [-0.05, 0) is 85.7 Å². The van der Waals surface area contributed by atoms with E-state index in [0.717, 1.165) is 17.1 Å². The molecule has 48 heavy (non-hydrogen) atoms. The Kier molecular flexibility index (Phi) is 6.12. The van der Waals surface area contributed by atoms with Gasteiger partial charge >= 0.3 is 0 Å². The smallest absolute Gasteiger partial charge is 0.0546 e. The molecule has 224 valence electrons. The molecule has 10 aromatic rings. The van der Waals surface area contributed by atoms with Gasteiger partial charge in [-0.15, -0.1) is 11.3 Å². The van der Waals surface area contributed by atoms with Crippen molar-refractivity contribution in [2.24, 2.45) is 0 Å². The van der Waals surface area contributed by atoms with E-state index in [-0.39, 0.29) is 0 Å². The summed E-state index contributed by atoms with van der Waals surface area (Å²) in [5, 5.41) is 12.7. The van der Waals surface area contributed by atoms with Gasteiger partial charge in [0.1, 0.15) is 0 Å². The monoisotopic (exact) mass is 627 g/mol. The second-order valence-corrected chi connectivity index (χ2v) is 13.6. The van der Waals surface area contributed by atoms with Gasteiger partial charge in [0.25, 0.3) is 0 Å². The average molecular weight is 628 g/mol. The van der Waals surface area contributed by atoms with Gasteiger partial charge in [0.2, 0.25) is 0 Å². The van der Waals surface area contributed by atoms with Gasteiger partial charge in [0, 0.05) is 36.8 Å². The standard InChI is InChI=1S/C46H29NS/c1-2-12-30(13-3-1)36-15-8-10-20-42(36)47(35-25-24-32-29-45-41(27-34(32)26-35)39-18-9-11-21-44(39)48-45)43-28-33-23-22-31-14-4-5-16-37(31)46(33)40-19-7-6-17-38(40)43/h1-29H. The molecule has 0 N–H and O–H groups in total. The van der Waals surface area contributed by atoms with Crippen molar-refractivity contribution in [1.29, 1.82) is 0 Å². The summed E-state index contributed by atoms with van der Waals surface area (Å²) in [6.45, 7) is 0. The maximum absolute atomic E-state index is 2.48. The molecule has 0 aliphatic rings. The molecule has 0 unspecified atom stereocenters. The van der Waals surface area contributed by atoms with E-state index in [2.05, 4.69) is 181 Å². The maximum atomic E-state index is 2.48. The van der Waals surface area contributed by atoms with Crippen LogP contribution in [0, 0.1) is 0 Å². The van der Waals surface area contributed by atoms with E-state index in [9.17, 15) is 0 Å². The highest BCUT2D eigenvalue weighted by Crippen LogP contribution is 2.47. The number of fused-ring (bicyclic) bond motifs is 9. The highest BCUT2D eigenvalue weighted by Gasteiger charge is 2.21. The third kappa shape index (κ3) is 4.24. The van der Waals surface area contributed by atoms with Crippen LogP contribution in [0.2, 0.25) is 0 Å². The summed E-state index contributed by atoms with van der Waals surface area (Å²) in [5.74, 6) is 0. The first-order chi connectivity index (χ1) is 23.8. The van der Waals surface area contributed by atoms with Crippen LogP contribution in [0.15, 0.2) is 176 Å². The Hall–Kier alpha value is -5.96. The fourth-order valence-corrected chi connectivity index (χ4v) is 8.71. The van der Waals surface area contributed by atoms with Crippen LogP contribution in [0.5, 0.6) is 0 Å². The fourth-order valence-electron chi connectivity index (χ4n) is 7.58. The number of benzene rings is 9. The molecular weight excluding hydrogens is 599 g/mol. The summed E-state index contributed by atoms with van der Waals surface area (Å²) in [5.41, 5.74) is 5.84. The summed E-state index contributed by atoms with van der Waals surface area (Å²) < 4.78 is 2.66. The minimum atomic E-state index is 1.13. The zero-order chi connectivity index (χ0) is 31.6. The van der Waals surface area contributed by atoms with Gasteiger partial charge in [-0.3, -0.25) is 0 Å². The van der Waals surface area contributed by atoms with Gasteiger partial charge in [-0.2, -0.15) is 0 Å². The number of hydrogen-bond donors (Lipinski definition) is 0. The van der Waals surface area contributed by atoms with Crippen molar-refractivity contribution in [3.63, 3.8) is 0 Å². The van der Waals surface area contributed by atoms with Crippen molar-refractivity contribution >= 4 is 91.7 Å². The molecule has 9 aromatic carbocycles. The maximum Gasteiger partial charge on any atom is 0.0546 e. The second kappa shape index (κ2) is 10.8. The van der Waals surface area contributed by atoms with Crippen molar-refractivity contribution in [2.45, 2.75) is 0 Å². The average Bonchev–Trinajstić information content (AvgIpc) is 3.51. The van der Waals surface area contributed by atoms with Crippen molar-refractivity contribution < 1.29 is 0 Å². The van der Waals surface area contributed by atoms with Gasteiger partial charge < -0.3 is 4.90 Å². The largest absolute Gasteiger partial charge is 0.309 e. The molecule has 1 heterocycles. The van der Waals surface area contributed by atoms with Gasteiger partial charge in [-0.1, -0.05) is 133 Å². The van der Waals surface area contributed by atoms with E-state index < -0.39 is 0 Å². The molecule has 0 saturated heterocycles. The van der Waals surface area contributed by atoms with Crippen LogP contribution in [0.3, 0.4) is 0 Å². The minimum absolute atomic E-state index is 1.13. The molecule has 0 bridgehead atoms. The lowest BCUT2D eigenvalue weighted by Crippen LogP contribution is -2.12. The summed E-state index contributed by atoms with van der Waals surface area (Å²) in [6, 6.07) is 64.6. The lowest BCUT2D eigenvalue weighted by Gasteiger charge is -2.30. The number of anilines is 3. The molecule has 0 radical (unpaired) electrons. The van der Waals surface area contributed by atoms with E-state index in [1.165, 1.54) is 74.4 Å². The third-order valence-corrected chi connectivity index (χ3v) is 10.9. The predicted molar refractivity (Wildman–Crippen MR) is 209 cm³/mol. The third-order valence-electron chi connectivity index (χ3n) is 9.77. The van der Waals surface area contributed by atoms with Crippen molar-refractivity contribution in [1.82, 2.24) is 0 Å². The predicted octanol–water partition coefficient (Wildman–Crippen LogP) is 13.8. The van der Waals surface area contributed by atoms with Crippen molar-refractivity contribution in [3.8, 4) is 11.1 Å². The van der Waals surface area contributed by atoms with Gasteiger partial charge in [0.15, 0.2) is 0 Å². The summed E-state index contributed by atoms with van der Waals surface area (Å²) in [7, 11) is 0. The van der Waals surface area contributed by atoms with Crippen LogP contribution in [0.1, 0.15) is 0 Å². The lowest BCUT2D eigenvalue weighted by atomic mass is 9.94. The Bertz CT molecular complexity index is 2850. The molecule has 2 heteroatoms. The van der Waals surface area contributed by atoms with Crippen LogP contribution >= 0.6 is 11.3 Å². The quantitative estimate of drug-likeness (QED) is 0.176. The van der Waals surface area contributed by atoms with Crippen LogP contribution in [-0.2, 0) is 0 Å². The van der Waals surface area contributed by atoms with Crippen molar-refractivity contribution in [3.05, 3.63) is 176 Å². The highest BCUT2D eigenvalue weighted by atomic mass is 32.1. The normalized spacial score (nSPS) is 11.8. The molecule has 10 rings (SSSR count). The Morgan fingerprint density at radius 2 is 1.04 bits per heavy atom. The number of nitrogens with zero attached hydrogens (tertiary/aromatic N) is 1. The topological polar surface area (TPSA) is 3.24 Å². The van der Waals surface area contributed by atoms with E-state index >= 15 is 0 Å². The van der Waals surface area contributed by atoms with Crippen molar-refractivity contribution in [2.75, 3.05) is 4.90 Å². The number of para-hydroxylation sites is 1. The Morgan fingerprint density at radius 1 is 0.354 bits per heavy atom. The molecule has 0 aliphatic heterocycles. The van der Waals surface area contributed by atoms with Gasteiger partial charge in [0.05, 0.1) is 11.4 Å². The number of hydrogen-bond acceptors (Lipinski definition) is 2. The van der Waals surface area contributed by atoms with Gasteiger partial charge in [-0.25, -0.2) is 0 Å². The molecule has 0 spiro atoms. The zero-order valence-electron chi connectivity index (χ0n) is 26.1.